The molecule has 1 aromatic rings. The number of hydrogen-bond donors (Lipinski definition) is 3. The lowest BCUT2D eigenvalue weighted by Gasteiger charge is -2.14. The molecule has 1 aliphatic rings. The highest BCUT2D eigenvalue weighted by Gasteiger charge is 2.41. The molecule has 0 aliphatic heterocycles. The first-order chi connectivity index (χ1) is 8.63. The third kappa shape index (κ3) is 3.47. The van der Waals surface area contributed by atoms with E-state index in [1.54, 1.807) is 18.2 Å². The summed E-state index contributed by atoms with van der Waals surface area (Å²) >= 11 is 0. The molecule has 4 heteroatoms. The quantitative estimate of drug-likeness (QED) is 0.710. The number of phenols is 1. The summed E-state index contributed by atoms with van der Waals surface area (Å²) in [5.74, 6) is 0.143. The molecule has 0 spiro atoms. The number of rotatable bonds is 6. The first-order valence-electron chi connectivity index (χ1n) is 6.29. The first-order valence-corrected chi connectivity index (χ1v) is 6.29. The van der Waals surface area contributed by atoms with E-state index >= 15 is 0 Å². The van der Waals surface area contributed by atoms with Crippen molar-refractivity contribution in [3.05, 3.63) is 29.8 Å². The molecule has 98 valence electrons. The lowest BCUT2D eigenvalue weighted by molar-refractivity contribution is -0.120. The van der Waals surface area contributed by atoms with Crippen molar-refractivity contribution in [2.24, 2.45) is 5.41 Å². The van der Waals surface area contributed by atoms with E-state index in [-0.39, 0.29) is 30.1 Å². The van der Waals surface area contributed by atoms with E-state index < -0.39 is 0 Å². The Morgan fingerprint density at radius 2 is 2.17 bits per heavy atom. The molecular formula is C14H19NO3. The summed E-state index contributed by atoms with van der Waals surface area (Å²) in [5, 5.41) is 21.1. The van der Waals surface area contributed by atoms with Crippen LogP contribution in [0, 0.1) is 5.41 Å². The zero-order chi connectivity index (χ0) is 13.0. The Hall–Kier alpha value is -1.55. The summed E-state index contributed by atoms with van der Waals surface area (Å²) in [7, 11) is 0. The van der Waals surface area contributed by atoms with Gasteiger partial charge in [0.15, 0.2) is 0 Å². The van der Waals surface area contributed by atoms with Gasteiger partial charge in [0.1, 0.15) is 5.75 Å². The van der Waals surface area contributed by atoms with Crippen molar-refractivity contribution < 1.29 is 15.0 Å². The maximum atomic E-state index is 11.7. The zero-order valence-corrected chi connectivity index (χ0v) is 10.4. The molecule has 0 radical (unpaired) electrons. The molecule has 4 nitrogen and oxygen atoms in total. The van der Waals surface area contributed by atoms with E-state index in [0.717, 1.165) is 24.8 Å². The lowest BCUT2D eigenvalue weighted by Crippen LogP contribution is -2.31. The number of aliphatic hydroxyl groups is 1. The predicted molar refractivity (Wildman–Crippen MR) is 68.2 cm³/mol. The van der Waals surface area contributed by atoms with Gasteiger partial charge in [-0.2, -0.15) is 0 Å². The highest BCUT2D eigenvalue weighted by molar-refractivity contribution is 5.78. The van der Waals surface area contributed by atoms with Crippen molar-refractivity contribution in [2.45, 2.75) is 25.7 Å². The fourth-order valence-corrected chi connectivity index (χ4v) is 2.13. The second kappa shape index (κ2) is 5.40. The van der Waals surface area contributed by atoms with Gasteiger partial charge < -0.3 is 15.5 Å². The van der Waals surface area contributed by atoms with Crippen molar-refractivity contribution >= 4 is 5.91 Å². The minimum absolute atomic E-state index is 0.0372. The van der Waals surface area contributed by atoms with Crippen LogP contribution in [0.5, 0.6) is 5.75 Å². The Morgan fingerprint density at radius 3 is 2.78 bits per heavy atom. The van der Waals surface area contributed by atoms with Crippen LogP contribution < -0.4 is 5.32 Å². The van der Waals surface area contributed by atoms with Gasteiger partial charge in [-0.05, 0) is 42.4 Å². The first kappa shape index (κ1) is 12.9. The molecule has 0 unspecified atom stereocenters. The van der Waals surface area contributed by atoms with E-state index in [4.69, 9.17) is 5.11 Å². The molecule has 1 fully saturated rings. The summed E-state index contributed by atoms with van der Waals surface area (Å²) < 4.78 is 0. The second-order valence-electron chi connectivity index (χ2n) is 5.10. The normalized spacial score (nSPS) is 16.3. The van der Waals surface area contributed by atoms with Crippen LogP contribution in [0.4, 0.5) is 0 Å². The van der Waals surface area contributed by atoms with Crippen molar-refractivity contribution in [3.8, 4) is 5.75 Å². The van der Waals surface area contributed by atoms with Crippen LogP contribution >= 0.6 is 0 Å². The van der Waals surface area contributed by atoms with Crippen LogP contribution in [0.1, 0.15) is 24.8 Å². The van der Waals surface area contributed by atoms with Gasteiger partial charge in [0.25, 0.3) is 0 Å². The molecule has 1 saturated carbocycles. The number of carbonyl (C=O) groups is 1. The highest BCUT2D eigenvalue weighted by atomic mass is 16.3. The number of aliphatic hydroxyl groups excluding tert-OH is 1. The molecule has 1 amide bonds. The molecule has 0 heterocycles. The maximum absolute atomic E-state index is 11.7. The van der Waals surface area contributed by atoms with Gasteiger partial charge >= 0.3 is 0 Å². The topological polar surface area (TPSA) is 69.6 Å². The Labute approximate surface area is 107 Å². The minimum Gasteiger partial charge on any atom is -0.508 e. The Bertz CT molecular complexity index is 427. The number of benzene rings is 1. The van der Waals surface area contributed by atoms with Crippen molar-refractivity contribution in [1.82, 2.24) is 5.32 Å². The summed E-state index contributed by atoms with van der Waals surface area (Å²) in [5.41, 5.74) is 0.947. The summed E-state index contributed by atoms with van der Waals surface area (Å²) in [4.78, 5) is 11.7. The van der Waals surface area contributed by atoms with Gasteiger partial charge in [-0.3, -0.25) is 4.79 Å². The monoisotopic (exact) mass is 249 g/mol. The van der Waals surface area contributed by atoms with Crippen molar-refractivity contribution in [1.29, 1.82) is 0 Å². The fourth-order valence-electron chi connectivity index (χ4n) is 2.13. The van der Waals surface area contributed by atoms with Gasteiger partial charge in [0.2, 0.25) is 5.91 Å². The number of carbonyl (C=O) groups excluding carboxylic acids is 1. The second-order valence-corrected chi connectivity index (χ2v) is 5.10. The number of aromatic hydroxyl groups is 1. The molecule has 18 heavy (non-hydrogen) atoms. The van der Waals surface area contributed by atoms with E-state index in [1.165, 1.54) is 0 Å². The molecule has 0 saturated heterocycles. The van der Waals surface area contributed by atoms with Gasteiger partial charge in [0, 0.05) is 13.2 Å². The number of amides is 1. The van der Waals surface area contributed by atoms with E-state index in [9.17, 15) is 9.90 Å². The minimum atomic E-state index is -0.0372. The number of phenolic OH excluding ortho intramolecular Hbond substituents is 1. The lowest BCUT2D eigenvalue weighted by atomic mass is 10.0. The molecule has 3 N–H and O–H groups in total. The van der Waals surface area contributed by atoms with Crippen LogP contribution in [0.2, 0.25) is 0 Å². The van der Waals surface area contributed by atoms with Crippen LogP contribution in [-0.4, -0.2) is 29.3 Å². The average molecular weight is 249 g/mol. The Morgan fingerprint density at radius 1 is 1.39 bits per heavy atom. The zero-order valence-electron chi connectivity index (χ0n) is 10.4. The summed E-state index contributed by atoms with van der Waals surface area (Å²) in [6.45, 7) is 0.827. The Kier molecular flexibility index (Phi) is 3.87. The molecule has 1 aliphatic carbocycles. The molecule has 0 atom stereocenters. The molecular weight excluding hydrogens is 230 g/mol. The van der Waals surface area contributed by atoms with Crippen LogP contribution in [0.25, 0.3) is 0 Å². The van der Waals surface area contributed by atoms with Crippen LogP contribution in [-0.2, 0) is 11.2 Å². The third-order valence-electron chi connectivity index (χ3n) is 3.54. The molecule has 0 bridgehead atoms. The molecule has 1 aromatic carbocycles. The van der Waals surface area contributed by atoms with Gasteiger partial charge in [-0.15, -0.1) is 0 Å². The van der Waals surface area contributed by atoms with E-state index in [0.29, 0.717) is 6.54 Å². The van der Waals surface area contributed by atoms with Gasteiger partial charge in [-0.25, -0.2) is 0 Å². The number of nitrogens with one attached hydrogen (secondary N) is 1. The summed E-state index contributed by atoms with van der Waals surface area (Å²) in [6.07, 6.45) is 3.21. The summed E-state index contributed by atoms with van der Waals surface area (Å²) in [6, 6.07) is 6.73. The van der Waals surface area contributed by atoms with Gasteiger partial charge in [0.05, 0.1) is 6.42 Å². The largest absolute Gasteiger partial charge is 0.508 e. The van der Waals surface area contributed by atoms with Crippen molar-refractivity contribution in [3.63, 3.8) is 0 Å². The average Bonchev–Trinajstić information content (AvgIpc) is 3.08. The highest BCUT2D eigenvalue weighted by Crippen LogP contribution is 2.47. The molecule has 2 rings (SSSR count). The standard InChI is InChI=1S/C14H19NO3/c16-7-6-14(4-5-14)10-15-13(18)9-11-2-1-3-12(17)8-11/h1-3,8,16-17H,4-7,9-10H2,(H,15,18). The fraction of sp³-hybridized carbons (Fsp3) is 0.500. The van der Waals surface area contributed by atoms with Gasteiger partial charge in [-0.1, -0.05) is 12.1 Å². The maximum Gasteiger partial charge on any atom is 0.224 e. The SMILES string of the molecule is O=C(Cc1cccc(O)c1)NCC1(CCO)CC1. The predicted octanol–water partition coefficient (Wildman–Crippen LogP) is 1.21. The van der Waals surface area contributed by atoms with E-state index in [2.05, 4.69) is 5.32 Å². The van der Waals surface area contributed by atoms with Crippen molar-refractivity contribution in [2.75, 3.05) is 13.2 Å². The molecule has 0 aromatic heterocycles. The Balaban J connectivity index is 1.79. The smallest absolute Gasteiger partial charge is 0.224 e. The van der Waals surface area contributed by atoms with Crippen LogP contribution in [0.3, 0.4) is 0 Å². The van der Waals surface area contributed by atoms with Crippen LogP contribution in [0.15, 0.2) is 24.3 Å². The van der Waals surface area contributed by atoms with E-state index in [1.807, 2.05) is 6.07 Å². The third-order valence-corrected chi connectivity index (χ3v) is 3.54. The number of hydrogen-bond acceptors (Lipinski definition) is 3.